The van der Waals surface area contributed by atoms with Gasteiger partial charge in [-0.1, -0.05) is 33.1 Å². The molecule has 0 aromatic carbocycles. The summed E-state index contributed by atoms with van der Waals surface area (Å²) in [6.45, 7) is 9.94. The van der Waals surface area contributed by atoms with Crippen molar-refractivity contribution in [2.45, 2.75) is 84.8 Å². The summed E-state index contributed by atoms with van der Waals surface area (Å²) in [6, 6.07) is 0. The number of Topliss-reactive ketones (excluding diaryl/α,β-unsaturated/α-hetero) is 1. The van der Waals surface area contributed by atoms with Gasteiger partial charge in [-0.25, -0.2) is 9.78 Å². The van der Waals surface area contributed by atoms with Crippen LogP contribution in [0.1, 0.15) is 73.1 Å². The van der Waals surface area contributed by atoms with Crippen molar-refractivity contribution >= 4 is 5.78 Å². The van der Waals surface area contributed by atoms with Crippen molar-refractivity contribution in [2.24, 2.45) is 0 Å². The van der Waals surface area contributed by atoms with Gasteiger partial charge in [0.1, 0.15) is 0 Å². The number of hydrogen-bond donors (Lipinski definition) is 0. The van der Waals surface area contributed by atoms with Gasteiger partial charge < -0.3 is 0 Å². The molecule has 102 valence electrons. The number of unbranched alkanes of at least 4 members (excludes halogenated alkanes) is 2. The highest BCUT2D eigenvalue weighted by Crippen LogP contribution is 2.15. The maximum atomic E-state index is 11.9. The van der Waals surface area contributed by atoms with Gasteiger partial charge in [-0.15, -0.1) is 0 Å². The Balaban J connectivity index is 4.16. The van der Waals surface area contributed by atoms with Gasteiger partial charge in [0, 0.05) is 6.42 Å². The van der Waals surface area contributed by atoms with E-state index in [4.69, 9.17) is 9.78 Å². The molecule has 0 bridgehead atoms. The maximum Gasteiger partial charge on any atom is 0.164 e. The lowest BCUT2D eigenvalue weighted by atomic mass is 10.0. The molecule has 1 unspecified atom stereocenters. The Labute approximate surface area is 106 Å². The van der Waals surface area contributed by atoms with Crippen molar-refractivity contribution in [2.75, 3.05) is 0 Å². The first-order chi connectivity index (χ1) is 7.90. The minimum absolute atomic E-state index is 0.171. The maximum absolute atomic E-state index is 11.9. The van der Waals surface area contributed by atoms with Gasteiger partial charge >= 0.3 is 0 Å². The monoisotopic (exact) mass is 244 g/mol. The van der Waals surface area contributed by atoms with Gasteiger partial charge in [0.05, 0.1) is 5.60 Å². The van der Waals surface area contributed by atoms with E-state index in [-0.39, 0.29) is 17.5 Å². The van der Waals surface area contributed by atoms with Crippen LogP contribution in [0.3, 0.4) is 0 Å². The molecule has 0 spiro atoms. The summed E-state index contributed by atoms with van der Waals surface area (Å²) < 4.78 is 0. The molecule has 0 aliphatic heterocycles. The van der Waals surface area contributed by atoms with Gasteiger partial charge in [-0.05, 0) is 33.6 Å². The van der Waals surface area contributed by atoms with Crippen LogP contribution in [0.5, 0.6) is 0 Å². The SMILES string of the molecule is CCCCC(=O)C(CCCC)OOC(C)(C)C. The second-order valence-corrected chi connectivity index (χ2v) is 5.49. The summed E-state index contributed by atoms with van der Waals surface area (Å²) in [5.74, 6) is 0.171. The number of carbonyl (C=O) groups excluding carboxylic acids is 1. The Bertz CT molecular complexity index is 206. The van der Waals surface area contributed by atoms with Crippen LogP contribution in [-0.4, -0.2) is 17.5 Å². The molecule has 1 atom stereocenters. The van der Waals surface area contributed by atoms with Crippen molar-refractivity contribution in [3.8, 4) is 0 Å². The second kappa shape index (κ2) is 8.65. The minimum atomic E-state index is -0.388. The van der Waals surface area contributed by atoms with E-state index in [0.717, 1.165) is 32.1 Å². The molecule has 3 nitrogen and oxygen atoms in total. The lowest BCUT2D eigenvalue weighted by Gasteiger charge is -2.22. The van der Waals surface area contributed by atoms with Crippen LogP contribution in [0.4, 0.5) is 0 Å². The van der Waals surface area contributed by atoms with E-state index in [2.05, 4.69) is 13.8 Å². The molecule has 17 heavy (non-hydrogen) atoms. The average Bonchev–Trinajstić information content (AvgIpc) is 2.24. The largest absolute Gasteiger partial charge is 0.297 e. The molecule has 0 fully saturated rings. The Morgan fingerprint density at radius 3 is 2.18 bits per heavy atom. The molecule has 0 N–H and O–H groups in total. The molecule has 0 rings (SSSR count). The summed E-state index contributed by atoms with van der Waals surface area (Å²) in [5.41, 5.74) is -0.366. The highest BCUT2D eigenvalue weighted by Gasteiger charge is 2.22. The highest BCUT2D eigenvalue weighted by molar-refractivity contribution is 5.82. The molecule has 0 aliphatic rings. The van der Waals surface area contributed by atoms with Crippen LogP contribution < -0.4 is 0 Å². The third kappa shape index (κ3) is 9.31. The van der Waals surface area contributed by atoms with Crippen LogP contribution in [-0.2, 0) is 14.6 Å². The summed E-state index contributed by atoms with van der Waals surface area (Å²) in [7, 11) is 0. The predicted octanol–water partition coefficient (Wildman–Crippen LogP) is 4.05. The Morgan fingerprint density at radius 1 is 1.12 bits per heavy atom. The van der Waals surface area contributed by atoms with Gasteiger partial charge in [-0.3, -0.25) is 4.79 Å². The molecule has 3 heteroatoms. The lowest BCUT2D eigenvalue weighted by molar-refractivity contribution is -0.366. The second-order valence-electron chi connectivity index (χ2n) is 5.49. The number of hydrogen-bond acceptors (Lipinski definition) is 3. The van der Waals surface area contributed by atoms with E-state index >= 15 is 0 Å². The molecule has 0 aromatic heterocycles. The molecule has 0 heterocycles. The Morgan fingerprint density at radius 2 is 1.71 bits per heavy atom. The fourth-order valence-corrected chi connectivity index (χ4v) is 1.37. The van der Waals surface area contributed by atoms with Crippen molar-refractivity contribution in [1.29, 1.82) is 0 Å². The number of carbonyl (C=O) groups is 1. The first-order valence-corrected chi connectivity index (χ1v) is 6.78. The van der Waals surface area contributed by atoms with Crippen molar-refractivity contribution in [3.05, 3.63) is 0 Å². The molecular formula is C14H28O3. The molecule has 0 saturated carbocycles. The van der Waals surface area contributed by atoms with E-state index in [9.17, 15) is 4.79 Å². The zero-order valence-electron chi connectivity index (χ0n) is 12.0. The van der Waals surface area contributed by atoms with Crippen molar-refractivity contribution in [3.63, 3.8) is 0 Å². The normalized spacial score (nSPS) is 13.7. The van der Waals surface area contributed by atoms with E-state index in [1.54, 1.807) is 0 Å². The number of rotatable bonds is 9. The molecular weight excluding hydrogens is 216 g/mol. The van der Waals surface area contributed by atoms with Crippen molar-refractivity contribution in [1.82, 2.24) is 0 Å². The van der Waals surface area contributed by atoms with Crippen LogP contribution in [0, 0.1) is 0 Å². The van der Waals surface area contributed by atoms with Gasteiger partial charge in [0.2, 0.25) is 0 Å². The molecule has 0 aliphatic carbocycles. The lowest BCUT2D eigenvalue weighted by Crippen LogP contribution is -2.29. The van der Waals surface area contributed by atoms with Gasteiger partial charge in [-0.2, -0.15) is 0 Å². The Hall–Kier alpha value is -0.410. The topological polar surface area (TPSA) is 35.5 Å². The van der Waals surface area contributed by atoms with Gasteiger partial charge in [0.25, 0.3) is 0 Å². The van der Waals surface area contributed by atoms with Gasteiger partial charge in [0.15, 0.2) is 11.9 Å². The fourth-order valence-electron chi connectivity index (χ4n) is 1.37. The highest BCUT2D eigenvalue weighted by atomic mass is 17.2. The van der Waals surface area contributed by atoms with E-state index in [1.807, 2.05) is 20.8 Å². The standard InChI is InChI=1S/C14H28O3/c1-6-8-10-12(15)13(11-9-7-2)16-17-14(3,4)5/h13H,6-11H2,1-5H3. The van der Waals surface area contributed by atoms with Crippen LogP contribution in [0.2, 0.25) is 0 Å². The zero-order valence-corrected chi connectivity index (χ0v) is 12.0. The first-order valence-electron chi connectivity index (χ1n) is 6.78. The number of ketones is 1. The van der Waals surface area contributed by atoms with Crippen molar-refractivity contribution < 1.29 is 14.6 Å². The quantitative estimate of drug-likeness (QED) is 0.453. The van der Waals surface area contributed by atoms with E-state index in [1.165, 1.54) is 0 Å². The van der Waals surface area contributed by atoms with Crippen LogP contribution in [0.25, 0.3) is 0 Å². The third-order valence-electron chi connectivity index (χ3n) is 2.37. The fraction of sp³-hybridized carbons (Fsp3) is 0.929. The zero-order chi connectivity index (χ0) is 13.3. The van der Waals surface area contributed by atoms with Crippen LogP contribution >= 0.6 is 0 Å². The molecule has 0 saturated heterocycles. The molecule has 0 amide bonds. The molecule has 0 radical (unpaired) electrons. The summed E-state index contributed by atoms with van der Waals surface area (Å²) in [6.07, 6.45) is 4.99. The predicted molar refractivity (Wildman–Crippen MR) is 69.8 cm³/mol. The summed E-state index contributed by atoms with van der Waals surface area (Å²) in [5, 5.41) is 0. The summed E-state index contributed by atoms with van der Waals surface area (Å²) >= 11 is 0. The van der Waals surface area contributed by atoms with Crippen LogP contribution in [0.15, 0.2) is 0 Å². The minimum Gasteiger partial charge on any atom is -0.297 e. The smallest absolute Gasteiger partial charge is 0.164 e. The van der Waals surface area contributed by atoms with E-state index in [0.29, 0.717) is 6.42 Å². The van der Waals surface area contributed by atoms with E-state index < -0.39 is 0 Å². The Kier molecular flexibility index (Phi) is 8.44. The summed E-state index contributed by atoms with van der Waals surface area (Å²) in [4.78, 5) is 22.5. The first kappa shape index (κ1) is 16.6. The third-order valence-corrected chi connectivity index (χ3v) is 2.37. The average molecular weight is 244 g/mol. The molecule has 0 aromatic rings.